The molecular formula is C9H8Cl2O3. The molecule has 0 spiro atoms. The van der Waals surface area contributed by atoms with E-state index in [-0.39, 0.29) is 5.75 Å². The van der Waals surface area contributed by atoms with Crippen molar-refractivity contribution in [3.8, 4) is 5.75 Å². The Morgan fingerprint density at radius 1 is 1.43 bits per heavy atom. The molecule has 1 rings (SSSR count). The van der Waals surface area contributed by atoms with Crippen LogP contribution in [-0.2, 0) is 15.5 Å². The molecule has 0 fully saturated rings. The van der Waals surface area contributed by atoms with Gasteiger partial charge in [-0.3, -0.25) is 0 Å². The lowest BCUT2D eigenvalue weighted by atomic mass is 10.1. The monoisotopic (exact) mass is 234 g/mol. The Morgan fingerprint density at radius 2 is 2.00 bits per heavy atom. The lowest BCUT2D eigenvalue weighted by Crippen LogP contribution is -2.16. The summed E-state index contributed by atoms with van der Waals surface area (Å²) >= 11 is 10.5. The third-order valence-electron chi connectivity index (χ3n) is 1.68. The zero-order valence-corrected chi connectivity index (χ0v) is 8.63. The Balaban J connectivity index is 2.60. The van der Waals surface area contributed by atoms with Crippen LogP contribution in [0.4, 0.5) is 0 Å². The fourth-order valence-electron chi connectivity index (χ4n) is 0.971. The molecule has 1 aromatic rings. The van der Waals surface area contributed by atoms with Crippen LogP contribution in [0.2, 0.25) is 0 Å². The second kappa shape index (κ2) is 5.08. The quantitative estimate of drug-likeness (QED) is 0.817. The zero-order valence-electron chi connectivity index (χ0n) is 7.11. The minimum absolute atomic E-state index is 0.166. The van der Waals surface area contributed by atoms with E-state index in [0.717, 1.165) is 5.56 Å². The number of phenols is 1. The molecule has 1 atom stereocenters. The van der Waals surface area contributed by atoms with Crippen molar-refractivity contribution in [2.24, 2.45) is 0 Å². The minimum atomic E-state index is -0.808. The molecule has 5 heteroatoms. The van der Waals surface area contributed by atoms with Crippen LogP contribution in [0, 0.1) is 0 Å². The predicted molar refractivity (Wildman–Crippen MR) is 53.4 cm³/mol. The third-order valence-corrected chi connectivity index (χ3v) is 2.17. The van der Waals surface area contributed by atoms with Gasteiger partial charge in [-0.25, -0.2) is 4.79 Å². The molecule has 0 bridgehead atoms. The smallest absolute Gasteiger partial charge is 0.342 e. The molecule has 3 nitrogen and oxygen atoms in total. The highest BCUT2D eigenvalue weighted by atomic mass is 35.5. The summed E-state index contributed by atoms with van der Waals surface area (Å²) in [5.74, 6) is -0.513. The Kier molecular flexibility index (Phi) is 4.04. The van der Waals surface area contributed by atoms with Crippen LogP contribution in [0.5, 0.6) is 5.75 Å². The second-order valence-corrected chi connectivity index (χ2v) is 3.42. The predicted octanol–water partition coefficient (Wildman–Crippen LogP) is 2.24. The summed E-state index contributed by atoms with van der Waals surface area (Å²) in [6.07, 6.45) is 0.313. The van der Waals surface area contributed by atoms with E-state index in [1.165, 1.54) is 12.1 Å². The molecular weight excluding hydrogens is 227 g/mol. The van der Waals surface area contributed by atoms with E-state index in [2.05, 4.69) is 4.29 Å². The highest BCUT2D eigenvalue weighted by molar-refractivity contribution is 6.32. The molecule has 0 heterocycles. The maximum absolute atomic E-state index is 10.8. The van der Waals surface area contributed by atoms with Gasteiger partial charge in [-0.2, -0.15) is 0 Å². The highest BCUT2D eigenvalue weighted by Gasteiger charge is 2.17. The first kappa shape index (κ1) is 11.1. The van der Waals surface area contributed by atoms with Gasteiger partial charge in [0.05, 0.1) is 0 Å². The van der Waals surface area contributed by atoms with Crippen LogP contribution < -0.4 is 0 Å². The lowest BCUT2D eigenvalue weighted by molar-refractivity contribution is -0.133. The van der Waals surface area contributed by atoms with Crippen molar-refractivity contribution < 1.29 is 14.2 Å². The molecule has 0 radical (unpaired) electrons. The van der Waals surface area contributed by atoms with Crippen molar-refractivity contribution in [3.05, 3.63) is 29.8 Å². The summed E-state index contributed by atoms with van der Waals surface area (Å²) in [5.41, 5.74) is 0.824. The first-order valence-electron chi connectivity index (χ1n) is 3.88. The average molecular weight is 235 g/mol. The lowest BCUT2D eigenvalue weighted by Gasteiger charge is -2.05. The van der Waals surface area contributed by atoms with Crippen molar-refractivity contribution in [3.63, 3.8) is 0 Å². The fourth-order valence-corrected chi connectivity index (χ4v) is 1.35. The van der Waals surface area contributed by atoms with Crippen LogP contribution in [-0.4, -0.2) is 16.5 Å². The van der Waals surface area contributed by atoms with Gasteiger partial charge in [0.1, 0.15) is 23.0 Å². The molecule has 0 aliphatic carbocycles. The zero-order chi connectivity index (χ0) is 10.6. The molecule has 0 aromatic heterocycles. The first-order valence-corrected chi connectivity index (χ1v) is 4.62. The first-order chi connectivity index (χ1) is 6.63. The number of hydrogen-bond donors (Lipinski definition) is 1. The summed E-state index contributed by atoms with van der Waals surface area (Å²) < 4.78 is 3.96. The molecule has 0 aliphatic heterocycles. The summed E-state index contributed by atoms with van der Waals surface area (Å²) in [4.78, 5) is 10.8. The second-order valence-electron chi connectivity index (χ2n) is 2.73. The van der Waals surface area contributed by atoms with Crippen molar-refractivity contribution in [1.82, 2.24) is 0 Å². The van der Waals surface area contributed by atoms with Crippen molar-refractivity contribution in [2.45, 2.75) is 11.8 Å². The number of hydrogen-bond acceptors (Lipinski definition) is 3. The van der Waals surface area contributed by atoms with Crippen molar-refractivity contribution in [1.29, 1.82) is 0 Å². The van der Waals surface area contributed by atoms with Crippen LogP contribution in [0.3, 0.4) is 0 Å². The Hall–Kier alpha value is -0.930. The number of rotatable bonds is 3. The molecule has 0 amide bonds. The fraction of sp³-hybridized carbons (Fsp3) is 0.222. The molecule has 76 valence electrons. The molecule has 1 unspecified atom stereocenters. The van der Waals surface area contributed by atoms with Gasteiger partial charge in [-0.15, -0.1) is 11.6 Å². The van der Waals surface area contributed by atoms with E-state index < -0.39 is 11.3 Å². The Morgan fingerprint density at radius 3 is 2.50 bits per heavy atom. The molecule has 1 N–H and O–H groups in total. The van der Waals surface area contributed by atoms with Crippen LogP contribution >= 0.6 is 23.5 Å². The molecule has 14 heavy (non-hydrogen) atoms. The summed E-state index contributed by atoms with van der Waals surface area (Å²) in [6.45, 7) is 0. The van der Waals surface area contributed by atoms with Gasteiger partial charge < -0.3 is 9.40 Å². The molecule has 0 saturated carbocycles. The van der Waals surface area contributed by atoms with Gasteiger partial charge in [0, 0.05) is 0 Å². The van der Waals surface area contributed by atoms with Crippen LogP contribution in [0.1, 0.15) is 5.56 Å². The van der Waals surface area contributed by atoms with Gasteiger partial charge >= 0.3 is 5.97 Å². The molecule has 1 aromatic carbocycles. The number of benzene rings is 1. The number of carbonyl (C=O) groups excluding carboxylic acids is 1. The van der Waals surface area contributed by atoms with E-state index in [0.29, 0.717) is 6.42 Å². The van der Waals surface area contributed by atoms with Gasteiger partial charge in [0.2, 0.25) is 0 Å². The van der Waals surface area contributed by atoms with Crippen LogP contribution in [0.25, 0.3) is 0 Å². The number of carbonyl (C=O) groups is 1. The van der Waals surface area contributed by atoms with Crippen molar-refractivity contribution in [2.75, 3.05) is 0 Å². The largest absolute Gasteiger partial charge is 0.508 e. The van der Waals surface area contributed by atoms with E-state index in [4.69, 9.17) is 28.6 Å². The Labute approximate surface area is 91.4 Å². The SMILES string of the molecule is O=C(OCl)C(Cl)Cc1ccc(O)cc1. The summed E-state index contributed by atoms with van der Waals surface area (Å²) in [7, 11) is 0. The number of halogens is 2. The van der Waals surface area contributed by atoms with E-state index >= 15 is 0 Å². The van der Waals surface area contributed by atoms with Gasteiger partial charge in [-0.1, -0.05) is 12.1 Å². The summed E-state index contributed by atoms with van der Waals surface area (Å²) in [6, 6.07) is 6.38. The minimum Gasteiger partial charge on any atom is -0.508 e. The van der Waals surface area contributed by atoms with E-state index in [1.54, 1.807) is 12.1 Å². The van der Waals surface area contributed by atoms with Gasteiger partial charge in [0.25, 0.3) is 0 Å². The number of aromatic hydroxyl groups is 1. The third kappa shape index (κ3) is 3.09. The van der Waals surface area contributed by atoms with Crippen molar-refractivity contribution >= 4 is 29.4 Å². The molecule has 0 aliphatic rings. The van der Waals surface area contributed by atoms with Gasteiger partial charge in [0.15, 0.2) is 0 Å². The molecule has 0 saturated heterocycles. The highest BCUT2D eigenvalue weighted by Crippen LogP contribution is 2.14. The topological polar surface area (TPSA) is 46.5 Å². The number of phenolic OH excluding ortho intramolecular Hbond substituents is 1. The number of alkyl halides is 1. The van der Waals surface area contributed by atoms with Crippen LogP contribution in [0.15, 0.2) is 24.3 Å². The standard InChI is InChI=1S/C9H8Cl2O3/c10-8(9(13)14-11)5-6-1-3-7(12)4-2-6/h1-4,8,12H,5H2. The maximum Gasteiger partial charge on any atom is 0.342 e. The van der Waals surface area contributed by atoms with E-state index in [9.17, 15) is 4.79 Å². The maximum atomic E-state index is 10.8. The normalized spacial score (nSPS) is 12.1. The average Bonchev–Trinajstić information content (AvgIpc) is 2.20. The summed E-state index contributed by atoms with van der Waals surface area (Å²) in [5, 5.41) is 8.19. The van der Waals surface area contributed by atoms with E-state index in [1.807, 2.05) is 0 Å². The van der Waals surface area contributed by atoms with Gasteiger partial charge in [-0.05, 0) is 24.1 Å². The Bertz CT molecular complexity index is 310.